The van der Waals surface area contributed by atoms with Crippen molar-refractivity contribution in [3.8, 4) is 0 Å². The third kappa shape index (κ3) is 2.72. The quantitative estimate of drug-likeness (QED) is 0.417. The van der Waals surface area contributed by atoms with Crippen LogP contribution < -0.4 is 11.2 Å². The Hall–Kier alpha value is -1.59. The molecule has 0 atom stereocenters. The smallest absolute Gasteiger partial charge is 0.423 e. The van der Waals surface area contributed by atoms with Crippen molar-refractivity contribution in [2.45, 2.75) is 0 Å². The zero-order valence-electron chi connectivity index (χ0n) is 7.42. The first-order valence-electron chi connectivity index (χ1n) is 4.04. The van der Waals surface area contributed by atoms with Gasteiger partial charge in [-0.25, -0.2) is 0 Å². The van der Waals surface area contributed by atoms with Gasteiger partial charge in [0.25, 0.3) is 0 Å². The second-order valence-corrected chi connectivity index (χ2v) is 2.74. The molecule has 4 N–H and O–H groups in total. The van der Waals surface area contributed by atoms with Gasteiger partial charge in [0.05, 0.1) is 0 Å². The van der Waals surface area contributed by atoms with Gasteiger partial charge in [-0.1, -0.05) is 24.3 Å². The fourth-order valence-electron chi connectivity index (χ4n) is 1.07. The average molecular weight is 191 g/mol. The Balaban J connectivity index is 3.01. The molecule has 5 heteroatoms. The monoisotopic (exact) mass is 191 g/mol. The van der Waals surface area contributed by atoms with Crippen molar-refractivity contribution in [3.05, 3.63) is 35.9 Å². The molecule has 1 aromatic carbocycles. The summed E-state index contributed by atoms with van der Waals surface area (Å²) in [5, 5.41) is 18.0. The molecule has 1 rings (SSSR count). The van der Waals surface area contributed by atoms with Gasteiger partial charge >= 0.3 is 7.12 Å². The van der Waals surface area contributed by atoms with Gasteiger partial charge in [-0.2, -0.15) is 0 Å². The highest BCUT2D eigenvalue weighted by atomic mass is 16.4. The Morgan fingerprint density at radius 1 is 1.36 bits per heavy atom. The molecule has 0 aromatic heterocycles. The molecule has 0 aliphatic carbocycles. The van der Waals surface area contributed by atoms with Crippen molar-refractivity contribution >= 4 is 24.6 Å². The predicted octanol–water partition coefficient (Wildman–Crippen LogP) is -1.14. The molecular formula is C9H10BNO3. The highest BCUT2D eigenvalue weighted by Gasteiger charge is 2.13. The van der Waals surface area contributed by atoms with Gasteiger partial charge in [0.1, 0.15) is 0 Å². The van der Waals surface area contributed by atoms with Gasteiger partial charge in [-0.15, -0.1) is 0 Å². The lowest BCUT2D eigenvalue weighted by Gasteiger charge is -2.03. The summed E-state index contributed by atoms with van der Waals surface area (Å²) >= 11 is 0. The van der Waals surface area contributed by atoms with E-state index >= 15 is 0 Å². The Bertz CT molecular complexity index is 363. The van der Waals surface area contributed by atoms with Gasteiger partial charge in [0.2, 0.25) is 5.91 Å². The van der Waals surface area contributed by atoms with E-state index in [1.165, 1.54) is 12.2 Å². The topological polar surface area (TPSA) is 83.6 Å². The molecule has 0 aliphatic rings. The fraction of sp³-hybridized carbons (Fsp3) is 0. The van der Waals surface area contributed by atoms with Gasteiger partial charge in [-0.05, 0) is 17.1 Å². The van der Waals surface area contributed by atoms with Crippen LogP contribution in [0.2, 0.25) is 0 Å². The second kappa shape index (κ2) is 4.60. The van der Waals surface area contributed by atoms with Crippen molar-refractivity contribution in [2.75, 3.05) is 0 Å². The van der Waals surface area contributed by atoms with Crippen LogP contribution >= 0.6 is 0 Å². The zero-order valence-corrected chi connectivity index (χ0v) is 7.42. The lowest BCUT2D eigenvalue weighted by Crippen LogP contribution is -2.31. The van der Waals surface area contributed by atoms with E-state index in [9.17, 15) is 4.79 Å². The standard InChI is InChI=1S/C9H10BNO3/c11-9(12)6-5-7-3-1-2-4-8(7)10(13)14/h1-6,13-14H,(H2,11,12). The maximum absolute atomic E-state index is 10.5. The summed E-state index contributed by atoms with van der Waals surface area (Å²) in [5.74, 6) is -0.577. The summed E-state index contributed by atoms with van der Waals surface area (Å²) in [6, 6.07) is 6.63. The summed E-state index contributed by atoms with van der Waals surface area (Å²) in [6.45, 7) is 0. The average Bonchev–Trinajstić information content (AvgIpc) is 2.15. The second-order valence-electron chi connectivity index (χ2n) is 2.74. The fourth-order valence-corrected chi connectivity index (χ4v) is 1.07. The number of rotatable bonds is 3. The molecule has 1 aromatic rings. The first-order valence-corrected chi connectivity index (χ1v) is 4.04. The number of benzene rings is 1. The summed E-state index contributed by atoms with van der Waals surface area (Å²) in [5.41, 5.74) is 5.81. The van der Waals surface area contributed by atoms with Crippen molar-refractivity contribution < 1.29 is 14.8 Å². The molecule has 14 heavy (non-hydrogen) atoms. The van der Waals surface area contributed by atoms with Crippen molar-refractivity contribution in [3.63, 3.8) is 0 Å². The minimum atomic E-state index is -1.55. The molecular weight excluding hydrogens is 181 g/mol. The Labute approximate surface area is 81.8 Å². The molecule has 1 amide bonds. The largest absolute Gasteiger partial charge is 0.489 e. The highest BCUT2D eigenvalue weighted by molar-refractivity contribution is 6.59. The lowest BCUT2D eigenvalue weighted by molar-refractivity contribution is -0.113. The minimum absolute atomic E-state index is 0.338. The molecule has 0 unspecified atom stereocenters. The molecule has 0 saturated heterocycles. The van der Waals surface area contributed by atoms with Crippen LogP contribution in [0.1, 0.15) is 5.56 Å². The normalized spacial score (nSPS) is 10.4. The van der Waals surface area contributed by atoms with Crippen LogP contribution in [0.25, 0.3) is 6.08 Å². The SMILES string of the molecule is NC(=O)C=Cc1ccccc1B(O)O. The van der Waals surface area contributed by atoms with E-state index in [4.69, 9.17) is 15.8 Å². The van der Waals surface area contributed by atoms with Crippen LogP contribution in [0.15, 0.2) is 30.3 Å². The van der Waals surface area contributed by atoms with Crippen LogP contribution in [0.3, 0.4) is 0 Å². The number of amides is 1. The number of carbonyl (C=O) groups is 1. The molecule has 0 bridgehead atoms. The van der Waals surface area contributed by atoms with E-state index in [-0.39, 0.29) is 0 Å². The van der Waals surface area contributed by atoms with Crippen molar-refractivity contribution in [2.24, 2.45) is 5.73 Å². The van der Waals surface area contributed by atoms with Crippen LogP contribution in [0, 0.1) is 0 Å². The minimum Gasteiger partial charge on any atom is -0.423 e. The predicted molar refractivity (Wildman–Crippen MR) is 54.5 cm³/mol. The van der Waals surface area contributed by atoms with E-state index in [2.05, 4.69) is 0 Å². The van der Waals surface area contributed by atoms with E-state index in [0.717, 1.165) is 0 Å². The van der Waals surface area contributed by atoms with E-state index < -0.39 is 13.0 Å². The van der Waals surface area contributed by atoms with E-state index in [0.29, 0.717) is 11.0 Å². The number of carbonyl (C=O) groups excluding carboxylic acids is 1. The molecule has 0 aliphatic heterocycles. The number of nitrogens with two attached hydrogens (primary N) is 1. The van der Waals surface area contributed by atoms with Crippen molar-refractivity contribution in [1.82, 2.24) is 0 Å². The maximum atomic E-state index is 10.5. The van der Waals surface area contributed by atoms with Crippen molar-refractivity contribution in [1.29, 1.82) is 0 Å². The highest BCUT2D eigenvalue weighted by Crippen LogP contribution is 1.99. The first kappa shape index (κ1) is 10.5. The number of hydrogen-bond acceptors (Lipinski definition) is 3. The van der Waals surface area contributed by atoms with Crippen LogP contribution in [0.5, 0.6) is 0 Å². The Kier molecular flexibility index (Phi) is 3.44. The molecule has 0 spiro atoms. The van der Waals surface area contributed by atoms with Gasteiger partial charge in [0, 0.05) is 6.08 Å². The first-order chi connectivity index (χ1) is 6.61. The van der Waals surface area contributed by atoms with Gasteiger partial charge in [0.15, 0.2) is 0 Å². The van der Waals surface area contributed by atoms with Gasteiger partial charge in [-0.3, -0.25) is 4.79 Å². The molecule has 0 fully saturated rings. The third-order valence-corrected chi connectivity index (χ3v) is 1.70. The number of hydrogen-bond donors (Lipinski definition) is 3. The number of primary amides is 1. The molecule has 4 nitrogen and oxygen atoms in total. The molecule has 0 heterocycles. The third-order valence-electron chi connectivity index (χ3n) is 1.70. The summed E-state index contributed by atoms with van der Waals surface area (Å²) in [7, 11) is -1.55. The molecule has 0 saturated carbocycles. The summed E-state index contributed by atoms with van der Waals surface area (Å²) < 4.78 is 0. The van der Waals surface area contributed by atoms with Crippen LogP contribution in [-0.2, 0) is 4.79 Å². The summed E-state index contributed by atoms with van der Waals surface area (Å²) in [4.78, 5) is 10.5. The van der Waals surface area contributed by atoms with Crippen LogP contribution in [0.4, 0.5) is 0 Å². The van der Waals surface area contributed by atoms with E-state index in [1.54, 1.807) is 24.3 Å². The summed E-state index contributed by atoms with van der Waals surface area (Å²) in [6.07, 6.45) is 2.61. The molecule has 0 radical (unpaired) electrons. The van der Waals surface area contributed by atoms with Gasteiger partial charge < -0.3 is 15.8 Å². The van der Waals surface area contributed by atoms with Crippen LogP contribution in [-0.4, -0.2) is 23.1 Å². The Morgan fingerprint density at radius 3 is 2.57 bits per heavy atom. The van der Waals surface area contributed by atoms with E-state index in [1.807, 2.05) is 0 Å². The lowest BCUT2D eigenvalue weighted by atomic mass is 9.77. The zero-order chi connectivity index (χ0) is 10.6. The Morgan fingerprint density at radius 2 is 2.00 bits per heavy atom. The molecule has 72 valence electrons. The maximum Gasteiger partial charge on any atom is 0.489 e.